The molecule has 3 rings (SSSR count). The molecule has 0 saturated heterocycles. The van der Waals surface area contributed by atoms with Gasteiger partial charge in [-0.2, -0.15) is 0 Å². The number of ether oxygens (including phenoxy) is 2. The van der Waals surface area contributed by atoms with Crippen LogP contribution in [-0.2, 0) is 4.74 Å². The molecule has 0 aromatic heterocycles. The van der Waals surface area contributed by atoms with Crippen LogP contribution in [0.15, 0.2) is 54.1 Å². The van der Waals surface area contributed by atoms with Crippen molar-refractivity contribution in [1.29, 1.82) is 0 Å². The Bertz CT molecular complexity index is 704. The lowest BCUT2D eigenvalue weighted by Gasteiger charge is -2.24. The Hall–Kier alpha value is -2.26. The number of phenols is 1. The number of methoxy groups -OCH3 is 1. The topological polar surface area (TPSA) is 38.7 Å². The van der Waals surface area contributed by atoms with E-state index in [1.807, 2.05) is 24.3 Å². The predicted molar refractivity (Wildman–Crippen MR) is 101 cm³/mol. The summed E-state index contributed by atoms with van der Waals surface area (Å²) in [5.41, 5.74) is 5.16. The van der Waals surface area contributed by atoms with Crippen molar-refractivity contribution < 1.29 is 14.6 Å². The predicted octanol–water partition coefficient (Wildman–Crippen LogP) is 5.39. The number of hydrogen-bond acceptors (Lipinski definition) is 3. The average molecular weight is 338 g/mol. The molecular formula is C22H26O3. The molecule has 0 heterocycles. The maximum atomic E-state index is 9.63. The smallest absolute Gasteiger partial charge is 0.188 e. The van der Waals surface area contributed by atoms with Gasteiger partial charge in [-0.3, -0.25) is 0 Å². The van der Waals surface area contributed by atoms with E-state index >= 15 is 0 Å². The molecule has 1 saturated carbocycles. The van der Waals surface area contributed by atoms with Crippen molar-refractivity contribution in [3.63, 3.8) is 0 Å². The molecule has 1 fully saturated rings. The molecule has 25 heavy (non-hydrogen) atoms. The van der Waals surface area contributed by atoms with E-state index in [1.165, 1.54) is 29.6 Å². The number of aromatic hydroxyl groups is 1. The van der Waals surface area contributed by atoms with E-state index in [0.29, 0.717) is 5.75 Å². The standard InChI is InChI=1S/C22H26O3/c1-16-3-5-17(6-4-16)22(18-7-11-20(23)12-8-18)19-9-13-21(14-10-19)25-15-24-2/h7-14,16,23H,3-6,15H2,1-2H3. The van der Waals surface area contributed by atoms with Gasteiger partial charge in [0.15, 0.2) is 6.79 Å². The molecule has 2 aromatic rings. The Kier molecular flexibility index (Phi) is 5.77. The Morgan fingerprint density at radius 1 is 0.960 bits per heavy atom. The van der Waals surface area contributed by atoms with Crippen LogP contribution in [0.4, 0.5) is 0 Å². The van der Waals surface area contributed by atoms with Gasteiger partial charge >= 0.3 is 0 Å². The molecule has 0 radical (unpaired) electrons. The third-order valence-electron chi connectivity index (χ3n) is 4.87. The van der Waals surface area contributed by atoms with Gasteiger partial charge in [0.25, 0.3) is 0 Å². The molecule has 132 valence electrons. The summed E-state index contributed by atoms with van der Waals surface area (Å²) in [6.07, 6.45) is 4.76. The van der Waals surface area contributed by atoms with Gasteiger partial charge in [0.05, 0.1) is 0 Å². The summed E-state index contributed by atoms with van der Waals surface area (Å²) in [7, 11) is 1.62. The summed E-state index contributed by atoms with van der Waals surface area (Å²) in [4.78, 5) is 0. The summed E-state index contributed by atoms with van der Waals surface area (Å²) in [6.45, 7) is 2.59. The van der Waals surface area contributed by atoms with Crippen LogP contribution in [0, 0.1) is 5.92 Å². The van der Waals surface area contributed by atoms with Crippen molar-refractivity contribution in [3.05, 3.63) is 65.2 Å². The molecule has 0 amide bonds. The first-order chi connectivity index (χ1) is 12.2. The first-order valence-corrected chi connectivity index (χ1v) is 8.91. The van der Waals surface area contributed by atoms with Gasteiger partial charge in [-0.05, 0) is 72.6 Å². The highest BCUT2D eigenvalue weighted by Gasteiger charge is 2.18. The highest BCUT2D eigenvalue weighted by atomic mass is 16.7. The zero-order valence-electron chi connectivity index (χ0n) is 15.0. The van der Waals surface area contributed by atoms with Crippen molar-refractivity contribution in [2.75, 3.05) is 13.9 Å². The molecular weight excluding hydrogens is 312 g/mol. The zero-order valence-corrected chi connectivity index (χ0v) is 15.0. The van der Waals surface area contributed by atoms with Crippen LogP contribution < -0.4 is 4.74 Å². The molecule has 0 spiro atoms. The molecule has 1 N–H and O–H groups in total. The Balaban J connectivity index is 1.96. The van der Waals surface area contributed by atoms with E-state index < -0.39 is 0 Å². The lowest BCUT2D eigenvalue weighted by molar-refractivity contribution is 0.0511. The quantitative estimate of drug-likeness (QED) is 0.743. The second-order valence-corrected chi connectivity index (χ2v) is 6.78. The minimum atomic E-state index is 0.253. The molecule has 1 aliphatic carbocycles. The molecule has 0 atom stereocenters. The fraction of sp³-hybridized carbons (Fsp3) is 0.364. The SMILES string of the molecule is COCOc1ccc(C(=C2CCC(C)CC2)c2ccc(O)cc2)cc1. The molecule has 0 aliphatic heterocycles. The molecule has 3 nitrogen and oxygen atoms in total. The number of phenolic OH excluding ortho intramolecular Hbond substituents is 1. The maximum absolute atomic E-state index is 9.63. The van der Waals surface area contributed by atoms with E-state index in [0.717, 1.165) is 30.1 Å². The molecule has 1 aliphatic rings. The average Bonchev–Trinajstić information content (AvgIpc) is 2.64. The van der Waals surface area contributed by atoms with Gasteiger partial charge in [0.1, 0.15) is 11.5 Å². The highest BCUT2D eigenvalue weighted by Crippen LogP contribution is 2.37. The van der Waals surface area contributed by atoms with Crippen LogP contribution in [-0.4, -0.2) is 19.0 Å². The number of benzene rings is 2. The largest absolute Gasteiger partial charge is 0.508 e. The van der Waals surface area contributed by atoms with E-state index in [1.54, 1.807) is 19.2 Å². The normalized spacial score (nSPS) is 17.4. The van der Waals surface area contributed by atoms with E-state index in [-0.39, 0.29) is 6.79 Å². The van der Waals surface area contributed by atoms with Crippen LogP contribution in [0.2, 0.25) is 0 Å². The molecule has 2 aromatic carbocycles. The van der Waals surface area contributed by atoms with Crippen molar-refractivity contribution in [2.24, 2.45) is 5.92 Å². The summed E-state index contributed by atoms with van der Waals surface area (Å²) in [5, 5.41) is 9.63. The Morgan fingerprint density at radius 3 is 2.08 bits per heavy atom. The van der Waals surface area contributed by atoms with Gasteiger partial charge in [-0.1, -0.05) is 36.8 Å². The minimum Gasteiger partial charge on any atom is -0.508 e. The van der Waals surface area contributed by atoms with Crippen LogP contribution in [0.5, 0.6) is 11.5 Å². The third kappa shape index (κ3) is 4.43. The number of rotatable bonds is 5. The van der Waals surface area contributed by atoms with E-state index in [2.05, 4.69) is 19.1 Å². The number of hydrogen-bond donors (Lipinski definition) is 1. The highest BCUT2D eigenvalue weighted by molar-refractivity contribution is 5.82. The van der Waals surface area contributed by atoms with Crippen molar-refractivity contribution in [2.45, 2.75) is 32.6 Å². The van der Waals surface area contributed by atoms with E-state index in [4.69, 9.17) is 9.47 Å². The molecule has 3 heteroatoms. The maximum Gasteiger partial charge on any atom is 0.188 e. The summed E-state index contributed by atoms with van der Waals surface area (Å²) in [6, 6.07) is 15.7. The van der Waals surface area contributed by atoms with E-state index in [9.17, 15) is 5.11 Å². The van der Waals surface area contributed by atoms with Gasteiger partial charge in [-0.15, -0.1) is 0 Å². The van der Waals surface area contributed by atoms with Gasteiger partial charge in [0, 0.05) is 7.11 Å². The summed E-state index contributed by atoms with van der Waals surface area (Å²) in [5.74, 6) is 1.90. The Morgan fingerprint density at radius 2 is 1.52 bits per heavy atom. The Labute approximate surface area is 149 Å². The fourth-order valence-corrected chi connectivity index (χ4v) is 3.41. The number of allylic oxidation sites excluding steroid dienone is 1. The second kappa shape index (κ2) is 8.21. The van der Waals surface area contributed by atoms with Gasteiger partial charge in [0.2, 0.25) is 0 Å². The van der Waals surface area contributed by atoms with Gasteiger partial charge < -0.3 is 14.6 Å². The van der Waals surface area contributed by atoms with Crippen LogP contribution in [0.1, 0.15) is 43.7 Å². The van der Waals surface area contributed by atoms with Crippen LogP contribution >= 0.6 is 0 Å². The summed E-state index contributed by atoms with van der Waals surface area (Å²) < 4.78 is 10.5. The molecule has 0 unspecified atom stereocenters. The van der Waals surface area contributed by atoms with Crippen LogP contribution in [0.25, 0.3) is 5.57 Å². The third-order valence-corrected chi connectivity index (χ3v) is 4.87. The zero-order chi connectivity index (χ0) is 17.6. The lowest BCUT2D eigenvalue weighted by atomic mass is 9.81. The molecule has 0 bridgehead atoms. The first kappa shape index (κ1) is 17.6. The van der Waals surface area contributed by atoms with Crippen molar-refractivity contribution in [1.82, 2.24) is 0 Å². The second-order valence-electron chi connectivity index (χ2n) is 6.78. The minimum absolute atomic E-state index is 0.253. The summed E-state index contributed by atoms with van der Waals surface area (Å²) >= 11 is 0. The fourth-order valence-electron chi connectivity index (χ4n) is 3.41. The first-order valence-electron chi connectivity index (χ1n) is 8.91. The monoisotopic (exact) mass is 338 g/mol. The van der Waals surface area contributed by atoms with Gasteiger partial charge in [-0.25, -0.2) is 0 Å². The van der Waals surface area contributed by atoms with Crippen molar-refractivity contribution >= 4 is 5.57 Å². The van der Waals surface area contributed by atoms with Crippen LogP contribution in [0.3, 0.4) is 0 Å². The lowest BCUT2D eigenvalue weighted by Crippen LogP contribution is -2.07. The van der Waals surface area contributed by atoms with Crippen molar-refractivity contribution in [3.8, 4) is 11.5 Å².